The Morgan fingerprint density at radius 3 is 2.23 bits per heavy atom. The molecule has 0 aliphatic heterocycles. The maximum atomic E-state index is 11.7. The van der Waals surface area contributed by atoms with Crippen molar-refractivity contribution in [1.82, 2.24) is 5.32 Å². The summed E-state index contributed by atoms with van der Waals surface area (Å²) < 4.78 is 0. The van der Waals surface area contributed by atoms with Crippen molar-refractivity contribution in [3.8, 4) is 0 Å². The van der Waals surface area contributed by atoms with Gasteiger partial charge in [-0.2, -0.15) is 0 Å². The summed E-state index contributed by atoms with van der Waals surface area (Å²) in [6, 6.07) is 7.52. The van der Waals surface area contributed by atoms with Crippen LogP contribution in [0, 0.1) is 5.92 Å². The van der Waals surface area contributed by atoms with Crippen LogP contribution in [-0.4, -0.2) is 46.6 Å². The van der Waals surface area contributed by atoms with E-state index in [1.165, 1.54) is 0 Å². The number of anilines is 1. The van der Waals surface area contributed by atoms with E-state index in [0.29, 0.717) is 5.69 Å². The Kier molecular flexibility index (Phi) is 8.79. The zero-order chi connectivity index (χ0) is 19.5. The molecular formula is C17H23N3O6. The maximum absolute atomic E-state index is 11.7. The molecule has 0 bridgehead atoms. The number of benzene rings is 1. The number of para-hydroxylation sites is 1. The van der Waals surface area contributed by atoms with Crippen molar-refractivity contribution in [2.75, 3.05) is 11.9 Å². The molecule has 9 heteroatoms. The molecule has 6 N–H and O–H groups in total. The Hall–Kier alpha value is -2.94. The van der Waals surface area contributed by atoms with Crippen molar-refractivity contribution in [3.63, 3.8) is 0 Å². The quantitative estimate of drug-likeness (QED) is 0.380. The third kappa shape index (κ3) is 8.25. The molecule has 1 aromatic carbocycles. The van der Waals surface area contributed by atoms with Gasteiger partial charge in [0.15, 0.2) is 0 Å². The molecule has 0 aliphatic rings. The van der Waals surface area contributed by atoms with Crippen LogP contribution in [0.25, 0.3) is 0 Å². The fourth-order valence-corrected chi connectivity index (χ4v) is 2.25. The van der Waals surface area contributed by atoms with Crippen molar-refractivity contribution in [1.29, 1.82) is 0 Å². The minimum Gasteiger partial charge on any atom is -0.481 e. The minimum absolute atomic E-state index is 0.0324. The highest BCUT2D eigenvalue weighted by Gasteiger charge is 2.24. The molecule has 0 heterocycles. The molecular weight excluding hydrogens is 342 g/mol. The Balaban J connectivity index is 2.29. The van der Waals surface area contributed by atoms with Gasteiger partial charge in [0.25, 0.3) is 0 Å². The minimum atomic E-state index is -1.27. The zero-order valence-electron chi connectivity index (χ0n) is 14.2. The summed E-state index contributed by atoms with van der Waals surface area (Å²) in [6.07, 6.45) is 0.200. The van der Waals surface area contributed by atoms with Crippen LogP contribution < -0.4 is 16.4 Å². The lowest BCUT2D eigenvalue weighted by Crippen LogP contribution is -2.35. The van der Waals surface area contributed by atoms with Crippen LogP contribution in [0.5, 0.6) is 0 Å². The van der Waals surface area contributed by atoms with Crippen LogP contribution in [0.4, 0.5) is 5.69 Å². The lowest BCUT2D eigenvalue weighted by molar-refractivity contribution is -0.144. The molecule has 1 rings (SSSR count). The van der Waals surface area contributed by atoms with Crippen molar-refractivity contribution in [3.05, 3.63) is 30.3 Å². The highest BCUT2D eigenvalue weighted by Crippen LogP contribution is 2.15. The summed E-state index contributed by atoms with van der Waals surface area (Å²) in [5.74, 6) is -4.11. The Morgan fingerprint density at radius 2 is 1.65 bits per heavy atom. The van der Waals surface area contributed by atoms with Crippen molar-refractivity contribution in [2.45, 2.75) is 31.7 Å². The Bertz CT molecular complexity index is 635. The number of nitrogens with one attached hydrogen (secondary N) is 2. The van der Waals surface area contributed by atoms with Gasteiger partial charge in [-0.15, -0.1) is 0 Å². The van der Waals surface area contributed by atoms with E-state index in [1.807, 2.05) is 6.07 Å². The van der Waals surface area contributed by atoms with E-state index < -0.39 is 23.9 Å². The second-order valence-corrected chi connectivity index (χ2v) is 5.80. The second-order valence-electron chi connectivity index (χ2n) is 5.80. The van der Waals surface area contributed by atoms with E-state index >= 15 is 0 Å². The van der Waals surface area contributed by atoms with Gasteiger partial charge in [0, 0.05) is 12.1 Å². The van der Waals surface area contributed by atoms with Gasteiger partial charge >= 0.3 is 11.9 Å². The number of carboxylic acids is 2. The topological polar surface area (TPSA) is 159 Å². The van der Waals surface area contributed by atoms with E-state index in [9.17, 15) is 19.2 Å². The molecule has 2 atom stereocenters. The highest BCUT2D eigenvalue weighted by atomic mass is 16.4. The van der Waals surface area contributed by atoms with E-state index in [4.69, 9.17) is 15.9 Å². The largest absolute Gasteiger partial charge is 0.481 e. The number of hydrogen-bond donors (Lipinski definition) is 5. The molecule has 1 aromatic rings. The predicted molar refractivity (Wildman–Crippen MR) is 93.3 cm³/mol. The molecule has 0 aromatic heterocycles. The van der Waals surface area contributed by atoms with Crippen molar-refractivity contribution < 1.29 is 29.4 Å². The van der Waals surface area contributed by atoms with Gasteiger partial charge in [0.05, 0.1) is 12.5 Å². The molecule has 26 heavy (non-hydrogen) atoms. The van der Waals surface area contributed by atoms with E-state index in [2.05, 4.69) is 10.6 Å². The monoisotopic (exact) mass is 365 g/mol. The van der Waals surface area contributed by atoms with Gasteiger partial charge in [0.1, 0.15) is 6.04 Å². The molecule has 0 saturated heterocycles. The van der Waals surface area contributed by atoms with Gasteiger partial charge in [-0.25, -0.2) is 0 Å². The molecule has 0 unspecified atom stereocenters. The van der Waals surface area contributed by atoms with E-state index in [0.717, 1.165) is 0 Å². The first-order chi connectivity index (χ1) is 12.3. The lowest BCUT2D eigenvalue weighted by Gasteiger charge is -2.14. The first kappa shape index (κ1) is 21.1. The van der Waals surface area contributed by atoms with E-state index in [-0.39, 0.29) is 44.0 Å². The second kappa shape index (κ2) is 10.8. The molecule has 142 valence electrons. The number of carboxylic acid groups (broad SMARTS) is 2. The van der Waals surface area contributed by atoms with Gasteiger partial charge < -0.3 is 26.6 Å². The number of carbonyl (C=O) groups excluding carboxylic acids is 2. The number of aliphatic carboxylic acids is 2. The van der Waals surface area contributed by atoms with Crippen LogP contribution in [-0.2, 0) is 19.2 Å². The normalized spacial score (nSPS) is 12.7. The predicted octanol–water partition coefficient (Wildman–Crippen LogP) is 0.414. The number of amides is 2. The summed E-state index contributed by atoms with van der Waals surface area (Å²) in [5.41, 5.74) is 5.96. The zero-order valence-corrected chi connectivity index (χ0v) is 14.2. The number of nitrogens with two attached hydrogens (primary N) is 1. The average Bonchev–Trinajstić information content (AvgIpc) is 2.59. The standard InChI is InChI=1S/C17H23N3O6/c18-13(17(25)26)9-11(16(23)24)5-4-8-14(21)19-10-15(22)20-12-6-2-1-3-7-12/h1-3,6-7,11,13H,4-5,8-10,18H2,(H,19,21)(H,20,22)(H,23,24)(H,25,26)/t11-,13+/m1/s1. The summed E-state index contributed by atoms with van der Waals surface area (Å²) in [4.78, 5) is 45.2. The molecule has 9 nitrogen and oxygen atoms in total. The number of rotatable bonds is 11. The van der Waals surface area contributed by atoms with Crippen LogP contribution in [0.2, 0.25) is 0 Å². The molecule has 2 amide bonds. The van der Waals surface area contributed by atoms with Crippen LogP contribution in [0.15, 0.2) is 30.3 Å². The first-order valence-corrected chi connectivity index (χ1v) is 8.12. The fourth-order valence-electron chi connectivity index (χ4n) is 2.25. The van der Waals surface area contributed by atoms with Gasteiger partial charge in [-0.3, -0.25) is 19.2 Å². The van der Waals surface area contributed by atoms with Crippen molar-refractivity contribution >= 4 is 29.4 Å². The summed E-state index contributed by atoms with van der Waals surface area (Å²) >= 11 is 0. The Labute approximate surface area is 150 Å². The average molecular weight is 365 g/mol. The third-order valence-electron chi connectivity index (χ3n) is 3.66. The smallest absolute Gasteiger partial charge is 0.320 e. The maximum Gasteiger partial charge on any atom is 0.320 e. The van der Waals surface area contributed by atoms with Gasteiger partial charge in [-0.1, -0.05) is 18.2 Å². The van der Waals surface area contributed by atoms with Gasteiger partial charge in [0.2, 0.25) is 11.8 Å². The van der Waals surface area contributed by atoms with Crippen LogP contribution in [0.1, 0.15) is 25.7 Å². The Morgan fingerprint density at radius 1 is 1.00 bits per heavy atom. The first-order valence-electron chi connectivity index (χ1n) is 8.12. The molecule has 0 radical (unpaired) electrons. The van der Waals surface area contributed by atoms with Crippen LogP contribution >= 0.6 is 0 Å². The fraction of sp³-hybridized carbons (Fsp3) is 0.412. The van der Waals surface area contributed by atoms with Crippen LogP contribution in [0.3, 0.4) is 0 Å². The molecule has 0 spiro atoms. The van der Waals surface area contributed by atoms with Gasteiger partial charge in [-0.05, 0) is 31.4 Å². The SMILES string of the molecule is N[C@@H](C[C@@H](CCCC(=O)NCC(=O)Nc1ccccc1)C(=O)O)C(=O)O. The van der Waals surface area contributed by atoms with E-state index in [1.54, 1.807) is 24.3 Å². The number of hydrogen-bond acceptors (Lipinski definition) is 5. The molecule has 0 saturated carbocycles. The molecule has 0 aliphatic carbocycles. The summed E-state index contributed by atoms with van der Waals surface area (Å²) in [6.45, 7) is -0.194. The molecule has 0 fully saturated rings. The summed E-state index contributed by atoms with van der Waals surface area (Å²) in [7, 11) is 0. The highest BCUT2D eigenvalue weighted by molar-refractivity contribution is 5.94. The third-order valence-corrected chi connectivity index (χ3v) is 3.66. The summed E-state index contributed by atoms with van der Waals surface area (Å²) in [5, 5.41) is 22.9. The number of carbonyl (C=O) groups is 4. The van der Waals surface area contributed by atoms with Crippen molar-refractivity contribution in [2.24, 2.45) is 11.7 Å². The lowest BCUT2D eigenvalue weighted by atomic mass is 9.94.